The Labute approximate surface area is 120 Å². The monoisotopic (exact) mass is 264 g/mol. The summed E-state index contributed by atoms with van der Waals surface area (Å²) in [6, 6.07) is 18.0. The Morgan fingerprint density at radius 2 is 1.95 bits per heavy atom. The molecule has 3 atom stereocenters. The number of nitrogens with one attached hydrogen (secondary N) is 1. The van der Waals surface area contributed by atoms with Crippen molar-refractivity contribution in [1.82, 2.24) is 5.32 Å². The molecule has 0 amide bonds. The highest BCUT2D eigenvalue weighted by molar-refractivity contribution is 5.86. The minimum Gasteiger partial charge on any atom is -0.306 e. The molecule has 1 N–H and O–H groups in total. The average Bonchev–Trinajstić information content (AvgIpc) is 2.93. The predicted molar refractivity (Wildman–Crippen MR) is 82.2 cm³/mol. The summed E-state index contributed by atoms with van der Waals surface area (Å²) in [5.74, 6) is 0.174. The van der Waals surface area contributed by atoms with Crippen LogP contribution in [0.1, 0.15) is 37.8 Å². The molecule has 0 aliphatic heterocycles. The fourth-order valence-electron chi connectivity index (χ4n) is 3.35. The van der Waals surface area contributed by atoms with Crippen molar-refractivity contribution in [3.8, 4) is 6.07 Å². The highest BCUT2D eigenvalue weighted by atomic mass is 15.0. The molecule has 1 saturated carbocycles. The number of hydrogen-bond donors (Lipinski definition) is 1. The van der Waals surface area contributed by atoms with Gasteiger partial charge in [0.25, 0.3) is 0 Å². The summed E-state index contributed by atoms with van der Waals surface area (Å²) in [7, 11) is 0. The first-order chi connectivity index (χ1) is 9.79. The molecule has 2 aromatic rings. The normalized spacial score (nSPS) is 23.6. The molecule has 3 rings (SSSR count). The largest absolute Gasteiger partial charge is 0.306 e. The van der Waals surface area contributed by atoms with E-state index in [1.165, 1.54) is 16.3 Å². The molecule has 2 heteroatoms. The molecule has 0 spiro atoms. The molecule has 0 aromatic heterocycles. The first kappa shape index (κ1) is 13.1. The smallest absolute Gasteiger partial charge is 0.0672 e. The molecule has 1 fully saturated rings. The number of nitrogens with zero attached hydrogens (tertiary/aromatic N) is 1. The Kier molecular flexibility index (Phi) is 3.71. The molecule has 102 valence electrons. The van der Waals surface area contributed by atoms with Gasteiger partial charge in [0.1, 0.15) is 0 Å². The molecule has 0 heterocycles. The van der Waals surface area contributed by atoms with Crippen molar-refractivity contribution >= 4 is 10.8 Å². The molecular formula is C18H20N2. The molecule has 1 aliphatic rings. The Morgan fingerprint density at radius 3 is 2.80 bits per heavy atom. The highest BCUT2D eigenvalue weighted by Gasteiger charge is 2.28. The average molecular weight is 264 g/mol. The second kappa shape index (κ2) is 5.64. The topological polar surface area (TPSA) is 35.8 Å². The third kappa shape index (κ3) is 2.42. The highest BCUT2D eigenvalue weighted by Crippen LogP contribution is 2.29. The maximum absolute atomic E-state index is 9.20. The lowest BCUT2D eigenvalue weighted by atomic mass is 9.97. The number of fused-ring (bicyclic) bond motifs is 1. The molecule has 2 nitrogen and oxygen atoms in total. The third-order valence-corrected chi connectivity index (χ3v) is 4.44. The summed E-state index contributed by atoms with van der Waals surface area (Å²) in [6.45, 7) is 2.20. The zero-order chi connectivity index (χ0) is 13.9. The first-order valence-electron chi connectivity index (χ1n) is 7.43. The Hall–Kier alpha value is -1.85. The summed E-state index contributed by atoms with van der Waals surface area (Å²) in [4.78, 5) is 0. The Morgan fingerprint density at radius 1 is 1.15 bits per heavy atom. The van der Waals surface area contributed by atoms with Gasteiger partial charge in [0.05, 0.1) is 12.0 Å². The zero-order valence-corrected chi connectivity index (χ0v) is 11.8. The van der Waals surface area contributed by atoms with Crippen molar-refractivity contribution in [3.63, 3.8) is 0 Å². The van der Waals surface area contributed by atoms with Crippen LogP contribution in [0.15, 0.2) is 42.5 Å². The van der Waals surface area contributed by atoms with Crippen LogP contribution >= 0.6 is 0 Å². The molecule has 0 radical (unpaired) electrons. The predicted octanol–water partition coefficient (Wildman–Crippen LogP) is 4.18. The van der Waals surface area contributed by atoms with Crippen LogP contribution in [0.3, 0.4) is 0 Å². The number of benzene rings is 2. The van der Waals surface area contributed by atoms with Crippen molar-refractivity contribution in [3.05, 3.63) is 48.0 Å². The standard InChI is InChI=1S/C18H20N2/c1-13(20-18-11-5-8-15(18)12-19)16-10-4-7-14-6-2-3-9-17(14)16/h2-4,6-7,9-10,13,15,18,20H,5,8,11H2,1H3. The molecular weight excluding hydrogens is 244 g/mol. The van der Waals surface area contributed by atoms with Crippen LogP contribution in [0.5, 0.6) is 0 Å². The van der Waals surface area contributed by atoms with E-state index in [4.69, 9.17) is 0 Å². The van der Waals surface area contributed by atoms with Crippen LogP contribution in [0.25, 0.3) is 10.8 Å². The second-order valence-corrected chi connectivity index (χ2v) is 5.73. The van der Waals surface area contributed by atoms with E-state index in [1.54, 1.807) is 0 Å². The molecule has 2 aromatic carbocycles. The SMILES string of the molecule is CC(NC1CCCC1C#N)c1cccc2ccccc12. The van der Waals surface area contributed by atoms with Gasteiger partial charge in [-0.2, -0.15) is 5.26 Å². The van der Waals surface area contributed by atoms with Gasteiger partial charge >= 0.3 is 0 Å². The van der Waals surface area contributed by atoms with Gasteiger partial charge in [0.2, 0.25) is 0 Å². The van der Waals surface area contributed by atoms with E-state index >= 15 is 0 Å². The van der Waals surface area contributed by atoms with Gasteiger partial charge < -0.3 is 5.32 Å². The first-order valence-corrected chi connectivity index (χ1v) is 7.43. The van der Waals surface area contributed by atoms with Gasteiger partial charge in [-0.1, -0.05) is 48.9 Å². The number of rotatable bonds is 3. The van der Waals surface area contributed by atoms with Crippen LogP contribution in [0.4, 0.5) is 0 Å². The molecule has 3 unspecified atom stereocenters. The van der Waals surface area contributed by atoms with Gasteiger partial charge in [-0.05, 0) is 36.1 Å². The van der Waals surface area contributed by atoms with Gasteiger partial charge in [0, 0.05) is 12.1 Å². The number of hydrogen-bond acceptors (Lipinski definition) is 2. The Bertz CT molecular complexity index is 636. The summed E-state index contributed by atoms with van der Waals surface area (Å²) < 4.78 is 0. The van der Waals surface area contributed by atoms with E-state index in [1.807, 2.05) is 0 Å². The minimum atomic E-state index is 0.174. The molecule has 0 bridgehead atoms. The molecule has 20 heavy (non-hydrogen) atoms. The van der Waals surface area contributed by atoms with Crippen LogP contribution < -0.4 is 5.32 Å². The van der Waals surface area contributed by atoms with Crippen molar-refractivity contribution in [2.45, 2.75) is 38.3 Å². The van der Waals surface area contributed by atoms with E-state index in [9.17, 15) is 5.26 Å². The van der Waals surface area contributed by atoms with Crippen LogP contribution in [0.2, 0.25) is 0 Å². The molecule has 0 saturated heterocycles. The van der Waals surface area contributed by atoms with Gasteiger partial charge in [-0.25, -0.2) is 0 Å². The van der Waals surface area contributed by atoms with E-state index in [0.29, 0.717) is 6.04 Å². The fourth-order valence-corrected chi connectivity index (χ4v) is 3.35. The zero-order valence-electron chi connectivity index (χ0n) is 11.8. The maximum atomic E-state index is 9.20. The van der Waals surface area contributed by atoms with Crippen molar-refractivity contribution in [1.29, 1.82) is 5.26 Å². The maximum Gasteiger partial charge on any atom is 0.0672 e. The lowest BCUT2D eigenvalue weighted by molar-refractivity contribution is 0.419. The minimum absolute atomic E-state index is 0.174. The fraction of sp³-hybridized carbons (Fsp3) is 0.389. The third-order valence-electron chi connectivity index (χ3n) is 4.44. The molecule has 1 aliphatic carbocycles. The van der Waals surface area contributed by atoms with Gasteiger partial charge in [0.15, 0.2) is 0 Å². The summed E-state index contributed by atoms with van der Waals surface area (Å²) in [6.07, 6.45) is 3.32. The summed E-state index contributed by atoms with van der Waals surface area (Å²) >= 11 is 0. The van der Waals surface area contributed by atoms with Crippen LogP contribution in [0, 0.1) is 17.2 Å². The van der Waals surface area contributed by atoms with Gasteiger partial charge in [-0.15, -0.1) is 0 Å². The van der Waals surface area contributed by atoms with Gasteiger partial charge in [-0.3, -0.25) is 0 Å². The quantitative estimate of drug-likeness (QED) is 0.902. The summed E-state index contributed by atoms with van der Waals surface area (Å²) in [5.41, 5.74) is 1.33. The number of nitriles is 1. The van der Waals surface area contributed by atoms with Crippen molar-refractivity contribution in [2.75, 3.05) is 0 Å². The van der Waals surface area contributed by atoms with Crippen molar-refractivity contribution < 1.29 is 0 Å². The van der Waals surface area contributed by atoms with Crippen LogP contribution in [-0.2, 0) is 0 Å². The lowest BCUT2D eigenvalue weighted by Crippen LogP contribution is -2.34. The van der Waals surface area contributed by atoms with Crippen LogP contribution in [-0.4, -0.2) is 6.04 Å². The van der Waals surface area contributed by atoms with Crippen molar-refractivity contribution in [2.24, 2.45) is 5.92 Å². The second-order valence-electron chi connectivity index (χ2n) is 5.73. The van der Waals surface area contributed by atoms with E-state index in [2.05, 4.69) is 60.8 Å². The lowest BCUT2D eigenvalue weighted by Gasteiger charge is -2.23. The van der Waals surface area contributed by atoms with E-state index < -0.39 is 0 Å². The van der Waals surface area contributed by atoms with E-state index in [0.717, 1.165) is 19.3 Å². The summed E-state index contributed by atoms with van der Waals surface area (Å²) in [5, 5.41) is 15.5. The van der Waals surface area contributed by atoms with E-state index in [-0.39, 0.29) is 12.0 Å². The Balaban J connectivity index is 1.86.